The normalized spacial score (nSPS) is 19.3. The molecule has 2 heterocycles. The van der Waals surface area contributed by atoms with Gasteiger partial charge in [0, 0.05) is 18.5 Å². The molecular formula is C25H25NO5. The molecule has 0 saturated carbocycles. The van der Waals surface area contributed by atoms with Crippen LogP contribution in [0.2, 0.25) is 0 Å². The second-order valence-corrected chi connectivity index (χ2v) is 7.59. The number of aliphatic hydroxyl groups excluding tert-OH is 1. The number of rotatable bonds is 7. The Morgan fingerprint density at radius 1 is 1.29 bits per heavy atom. The van der Waals surface area contributed by atoms with Crippen LogP contribution in [0.5, 0.6) is 11.5 Å². The number of benzene rings is 2. The number of aliphatic hydroxyl groups is 1. The third-order valence-corrected chi connectivity index (χ3v) is 5.51. The zero-order chi connectivity index (χ0) is 22.0. The fourth-order valence-electron chi connectivity index (χ4n) is 4.12. The third kappa shape index (κ3) is 3.81. The van der Waals surface area contributed by atoms with Crippen molar-refractivity contribution in [2.24, 2.45) is 0 Å². The summed E-state index contributed by atoms with van der Waals surface area (Å²) >= 11 is 0. The van der Waals surface area contributed by atoms with E-state index in [9.17, 15) is 14.7 Å². The van der Waals surface area contributed by atoms with Gasteiger partial charge in [0.05, 0.1) is 18.2 Å². The minimum atomic E-state index is -0.684. The van der Waals surface area contributed by atoms with Crippen molar-refractivity contribution in [3.05, 3.63) is 77.4 Å². The van der Waals surface area contributed by atoms with E-state index in [1.54, 1.807) is 30.3 Å². The van der Waals surface area contributed by atoms with E-state index in [1.807, 2.05) is 25.1 Å². The van der Waals surface area contributed by atoms with Gasteiger partial charge in [-0.25, -0.2) is 0 Å². The highest BCUT2D eigenvalue weighted by Gasteiger charge is 2.45. The van der Waals surface area contributed by atoms with Crippen molar-refractivity contribution in [2.75, 3.05) is 19.8 Å². The fraction of sp³-hybridized carbons (Fsp3) is 0.280. The zero-order valence-electron chi connectivity index (χ0n) is 17.5. The van der Waals surface area contributed by atoms with Crippen LogP contribution in [0.15, 0.2) is 60.7 Å². The van der Waals surface area contributed by atoms with E-state index in [4.69, 9.17) is 9.47 Å². The lowest BCUT2D eigenvalue weighted by Crippen LogP contribution is -2.30. The second-order valence-electron chi connectivity index (χ2n) is 7.59. The highest BCUT2D eigenvalue weighted by atomic mass is 16.5. The van der Waals surface area contributed by atoms with Crippen LogP contribution in [0, 0.1) is 0 Å². The topological polar surface area (TPSA) is 76.1 Å². The summed E-state index contributed by atoms with van der Waals surface area (Å²) in [4.78, 5) is 27.4. The van der Waals surface area contributed by atoms with E-state index in [2.05, 4.69) is 6.58 Å². The average molecular weight is 419 g/mol. The first kappa shape index (κ1) is 20.7. The van der Waals surface area contributed by atoms with Crippen LogP contribution < -0.4 is 9.47 Å². The van der Waals surface area contributed by atoms with Gasteiger partial charge in [-0.15, -0.1) is 0 Å². The summed E-state index contributed by atoms with van der Waals surface area (Å²) in [5.41, 5.74) is 2.28. The van der Waals surface area contributed by atoms with Gasteiger partial charge in [-0.05, 0) is 47.9 Å². The summed E-state index contributed by atoms with van der Waals surface area (Å²) in [5.74, 6) is -0.0600. The summed E-state index contributed by atoms with van der Waals surface area (Å²) in [5, 5.41) is 11.2. The Hall–Kier alpha value is -3.54. The molecule has 0 radical (unpaired) electrons. The van der Waals surface area contributed by atoms with Crippen LogP contribution in [0.1, 0.15) is 36.1 Å². The number of carbonyl (C=O) groups is 2. The highest BCUT2D eigenvalue weighted by molar-refractivity contribution is 6.46. The predicted octanol–water partition coefficient (Wildman–Crippen LogP) is 4.02. The average Bonchev–Trinajstić information content (AvgIpc) is 3.35. The van der Waals surface area contributed by atoms with Gasteiger partial charge >= 0.3 is 0 Å². The number of hydrogen-bond acceptors (Lipinski definition) is 5. The molecular weight excluding hydrogens is 394 g/mol. The highest BCUT2D eigenvalue weighted by Crippen LogP contribution is 2.41. The number of ketones is 1. The number of fused-ring (bicyclic) bond motifs is 1. The largest absolute Gasteiger partial charge is 0.507 e. The number of likely N-dealkylation sites (tertiary alicyclic amines) is 1. The number of amides is 1. The van der Waals surface area contributed by atoms with E-state index >= 15 is 0 Å². The van der Waals surface area contributed by atoms with Gasteiger partial charge < -0.3 is 19.5 Å². The maximum atomic E-state index is 13.0. The Kier molecular flexibility index (Phi) is 5.80. The van der Waals surface area contributed by atoms with Crippen molar-refractivity contribution in [3.8, 4) is 11.5 Å². The van der Waals surface area contributed by atoms with Gasteiger partial charge in [-0.1, -0.05) is 31.7 Å². The van der Waals surface area contributed by atoms with Crippen LogP contribution in [0.4, 0.5) is 0 Å². The molecule has 6 heteroatoms. The molecule has 6 nitrogen and oxygen atoms in total. The molecule has 2 aromatic carbocycles. The maximum absolute atomic E-state index is 13.0. The van der Waals surface area contributed by atoms with Crippen molar-refractivity contribution in [3.63, 3.8) is 0 Å². The smallest absolute Gasteiger partial charge is 0.295 e. The van der Waals surface area contributed by atoms with Crippen molar-refractivity contribution in [1.29, 1.82) is 0 Å². The molecule has 1 amide bonds. The quantitative estimate of drug-likeness (QED) is 0.318. The molecule has 2 aliphatic heterocycles. The standard InChI is InChI=1S/C25H25NO5/c1-3-11-26-22(17-6-5-7-19(15-17)30-12-4-2)21(24(28)25(26)29)23(27)18-8-9-20-16(14-18)10-13-31-20/h4-9,14-15,22,27H,2-3,10-13H2,1H3/b23-21-. The molecule has 0 aliphatic carbocycles. The van der Waals surface area contributed by atoms with Gasteiger partial charge in [-0.2, -0.15) is 0 Å². The first-order valence-electron chi connectivity index (χ1n) is 10.4. The summed E-state index contributed by atoms with van der Waals surface area (Å²) in [6, 6.07) is 11.9. The Morgan fingerprint density at radius 2 is 2.13 bits per heavy atom. The number of Topliss-reactive ketones (excluding diaryl/α,β-unsaturated/α-hetero) is 1. The fourth-order valence-corrected chi connectivity index (χ4v) is 4.12. The van der Waals surface area contributed by atoms with E-state index in [0.717, 1.165) is 17.7 Å². The molecule has 1 saturated heterocycles. The molecule has 0 aromatic heterocycles. The SMILES string of the molecule is C=CCOc1cccc(C2/C(=C(/O)c3ccc4c(c3)CCO4)C(=O)C(=O)N2CCC)c1. The summed E-state index contributed by atoms with van der Waals surface area (Å²) < 4.78 is 11.2. The summed E-state index contributed by atoms with van der Waals surface area (Å²) in [7, 11) is 0. The number of nitrogens with zero attached hydrogens (tertiary/aromatic N) is 1. The monoisotopic (exact) mass is 419 g/mol. The predicted molar refractivity (Wildman–Crippen MR) is 117 cm³/mol. The molecule has 0 bridgehead atoms. The number of ether oxygens (including phenoxy) is 2. The molecule has 31 heavy (non-hydrogen) atoms. The van der Waals surface area contributed by atoms with E-state index in [-0.39, 0.29) is 11.3 Å². The van der Waals surface area contributed by atoms with E-state index < -0.39 is 17.7 Å². The van der Waals surface area contributed by atoms with Gasteiger partial charge in [0.2, 0.25) is 0 Å². The minimum Gasteiger partial charge on any atom is -0.507 e. The van der Waals surface area contributed by atoms with Gasteiger partial charge in [0.1, 0.15) is 23.9 Å². The lowest BCUT2D eigenvalue weighted by atomic mass is 9.94. The lowest BCUT2D eigenvalue weighted by Gasteiger charge is -2.25. The minimum absolute atomic E-state index is 0.0955. The van der Waals surface area contributed by atoms with E-state index in [0.29, 0.717) is 43.1 Å². The first-order chi connectivity index (χ1) is 15.0. The molecule has 0 spiro atoms. The van der Waals surface area contributed by atoms with Gasteiger partial charge in [0.15, 0.2) is 0 Å². The third-order valence-electron chi connectivity index (χ3n) is 5.51. The molecule has 2 aliphatic rings. The van der Waals surface area contributed by atoms with Crippen molar-refractivity contribution in [1.82, 2.24) is 4.90 Å². The van der Waals surface area contributed by atoms with Gasteiger partial charge in [0.25, 0.3) is 11.7 Å². The molecule has 4 rings (SSSR count). The molecule has 1 atom stereocenters. The molecule has 2 aromatic rings. The van der Waals surface area contributed by atoms with Crippen LogP contribution >= 0.6 is 0 Å². The van der Waals surface area contributed by atoms with Crippen molar-refractivity contribution < 1.29 is 24.2 Å². The molecule has 1 N–H and O–H groups in total. The van der Waals surface area contributed by atoms with E-state index in [1.165, 1.54) is 4.90 Å². The first-order valence-corrected chi connectivity index (χ1v) is 10.4. The number of carbonyl (C=O) groups excluding carboxylic acids is 2. The Morgan fingerprint density at radius 3 is 2.90 bits per heavy atom. The summed E-state index contributed by atoms with van der Waals surface area (Å²) in [6.07, 6.45) is 3.08. The zero-order valence-corrected chi connectivity index (χ0v) is 17.5. The van der Waals surface area contributed by atoms with Crippen molar-refractivity contribution >= 4 is 17.4 Å². The second kappa shape index (κ2) is 8.68. The Bertz CT molecular complexity index is 1070. The molecule has 160 valence electrons. The lowest BCUT2D eigenvalue weighted by molar-refractivity contribution is -0.139. The number of hydrogen-bond donors (Lipinski definition) is 1. The molecule has 1 fully saturated rings. The van der Waals surface area contributed by atoms with Crippen LogP contribution in [0.3, 0.4) is 0 Å². The molecule has 1 unspecified atom stereocenters. The van der Waals surface area contributed by atoms with Gasteiger partial charge in [-0.3, -0.25) is 9.59 Å². The van der Waals surface area contributed by atoms with Crippen LogP contribution in [-0.4, -0.2) is 41.5 Å². The summed E-state index contributed by atoms with van der Waals surface area (Å²) in [6.45, 7) is 6.94. The van der Waals surface area contributed by atoms with Crippen LogP contribution in [-0.2, 0) is 16.0 Å². The Labute approximate surface area is 181 Å². The Balaban J connectivity index is 1.82. The van der Waals surface area contributed by atoms with Crippen LogP contribution in [0.25, 0.3) is 5.76 Å². The van der Waals surface area contributed by atoms with Crippen molar-refractivity contribution in [2.45, 2.75) is 25.8 Å². The maximum Gasteiger partial charge on any atom is 0.295 e.